The molecule has 1 aromatic heterocycles. The molecule has 0 fully saturated rings. The van der Waals surface area contributed by atoms with Crippen LogP contribution in [0, 0.1) is 5.82 Å². The molecule has 0 atom stereocenters. The van der Waals surface area contributed by atoms with Gasteiger partial charge in [0.2, 0.25) is 0 Å². The van der Waals surface area contributed by atoms with Crippen LogP contribution in [0.2, 0.25) is 0 Å². The molecular weight excluding hydrogens is 381 g/mol. The highest BCUT2D eigenvalue weighted by molar-refractivity contribution is 5.94. The Labute approximate surface area is 164 Å². The number of carbonyl (C=O) groups is 2. The molecule has 148 valence electrons. The van der Waals surface area contributed by atoms with E-state index in [9.17, 15) is 18.8 Å². The van der Waals surface area contributed by atoms with E-state index in [2.05, 4.69) is 4.98 Å². The molecule has 0 aliphatic heterocycles. The first kappa shape index (κ1) is 19.7. The van der Waals surface area contributed by atoms with Crippen LogP contribution >= 0.6 is 0 Å². The largest absolute Gasteiger partial charge is 0.480 e. The minimum atomic E-state index is -1.33. The first-order valence-electron chi connectivity index (χ1n) is 8.46. The van der Waals surface area contributed by atoms with Crippen LogP contribution in [0.5, 0.6) is 0 Å². The highest BCUT2D eigenvalue weighted by atomic mass is 19.1. The molecule has 0 aliphatic rings. The van der Waals surface area contributed by atoms with Gasteiger partial charge < -0.3 is 15.6 Å². The fourth-order valence-corrected chi connectivity index (χ4v) is 2.66. The predicted molar refractivity (Wildman–Crippen MR) is 102 cm³/mol. The number of carboxylic acid groups (broad SMARTS) is 1. The van der Waals surface area contributed by atoms with Gasteiger partial charge in [0.05, 0.1) is 0 Å². The Balaban J connectivity index is 2.02. The third kappa shape index (κ3) is 4.46. The quantitative estimate of drug-likeness (QED) is 0.610. The van der Waals surface area contributed by atoms with E-state index in [-0.39, 0.29) is 18.0 Å². The molecule has 2 aromatic carbocycles. The van der Waals surface area contributed by atoms with Crippen LogP contribution in [-0.2, 0) is 22.7 Å². The molecule has 0 spiro atoms. The maximum absolute atomic E-state index is 13.2. The molecule has 3 rings (SSSR count). The van der Waals surface area contributed by atoms with Gasteiger partial charge in [0.25, 0.3) is 5.56 Å². The zero-order valence-corrected chi connectivity index (χ0v) is 15.0. The molecule has 8 nitrogen and oxygen atoms in total. The molecule has 0 aliphatic carbocycles. The summed E-state index contributed by atoms with van der Waals surface area (Å²) in [7, 11) is 0. The second-order valence-electron chi connectivity index (χ2n) is 6.05. The molecule has 3 N–H and O–H groups in total. The number of nitrogens with two attached hydrogens (primary N) is 1. The number of halogens is 1. The van der Waals surface area contributed by atoms with Gasteiger partial charge in [-0.05, 0) is 29.8 Å². The van der Waals surface area contributed by atoms with E-state index < -0.39 is 41.2 Å². The second-order valence-corrected chi connectivity index (χ2v) is 6.05. The summed E-state index contributed by atoms with van der Waals surface area (Å²) < 4.78 is 19.1. The number of carbonyl (C=O) groups excluding carboxylic acids is 1. The highest BCUT2D eigenvalue weighted by Gasteiger charge is 2.24. The van der Waals surface area contributed by atoms with E-state index in [1.807, 2.05) is 0 Å². The van der Waals surface area contributed by atoms with Crippen molar-refractivity contribution in [1.82, 2.24) is 9.55 Å². The molecule has 0 saturated carbocycles. The second kappa shape index (κ2) is 8.34. The number of hydrogen-bond donors (Lipinski definition) is 2. The van der Waals surface area contributed by atoms with Gasteiger partial charge in [0.15, 0.2) is 5.56 Å². The average Bonchev–Trinajstić information content (AvgIpc) is 2.69. The topological polar surface area (TPSA) is 125 Å². The van der Waals surface area contributed by atoms with E-state index in [1.165, 1.54) is 12.1 Å². The Morgan fingerprint density at radius 3 is 2.38 bits per heavy atom. The van der Waals surface area contributed by atoms with Crippen LogP contribution in [0.25, 0.3) is 11.4 Å². The standard InChI is InChI=1S/C20H16FN3O5/c21-14-8-6-13(7-9-14)18-23-17(22)16(19(27)24(18)10-15(25)26)20(28)29-11-12-4-2-1-3-5-12/h1-9H,10-11,22H2,(H,25,26). The van der Waals surface area contributed by atoms with Crippen LogP contribution in [0.1, 0.15) is 15.9 Å². The number of carboxylic acids is 1. The molecule has 0 amide bonds. The summed E-state index contributed by atoms with van der Waals surface area (Å²) in [5.41, 5.74) is 5.25. The fourth-order valence-electron chi connectivity index (χ4n) is 2.66. The lowest BCUT2D eigenvalue weighted by Crippen LogP contribution is -2.33. The Hall–Kier alpha value is -4.01. The monoisotopic (exact) mass is 397 g/mol. The van der Waals surface area contributed by atoms with Crippen LogP contribution in [0.4, 0.5) is 10.2 Å². The van der Waals surface area contributed by atoms with Gasteiger partial charge in [-0.25, -0.2) is 14.2 Å². The third-order valence-corrected chi connectivity index (χ3v) is 4.01. The van der Waals surface area contributed by atoms with E-state index in [1.54, 1.807) is 30.3 Å². The van der Waals surface area contributed by atoms with Crippen molar-refractivity contribution in [1.29, 1.82) is 0 Å². The average molecular weight is 397 g/mol. The van der Waals surface area contributed by atoms with E-state index >= 15 is 0 Å². The lowest BCUT2D eigenvalue weighted by Gasteiger charge is -2.14. The molecule has 0 unspecified atom stereocenters. The number of anilines is 1. The van der Waals surface area contributed by atoms with Crippen molar-refractivity contribution in [2.75, 3.05) is 5.73 Å². The van der Waals surface area contributed by atoms with Gasteiger partial charge >= 0.3 is 11.9 Å². The van der Waals surface area contributed by atoms with Crippen LogP contribution < -0.4 is 11.3 Å². The molecule has 3 aromatic rings. The van der Waals surface area contributed by atoms with Gasteiger partial charge in [0.1, 0.15) is 30.6 Å². The summed E-state index contributed by atoms with van der Waals surface area (Å²) in [5.74, 6) is -3.38. The Bertz CT molecular complexity index is 1110. The normalized spacial score (nSPS) is 10.5. The minimum absolute atomic E-state index is 0.100. The SMILES string of the molecule is Nc1nc(-c2ccc(F)cc2)n(CC(=O)O)c(=O)c1C(=O)OCc1ccccc1. The lowest BCUT2D eigenvalue weighted by molar-refractivity contribution is -0.137. The minimum Gasteiger partial charge on any atom is -0.480 e. The predicted octanol–water partition coefficient (Wildman–Crippen LogP) is 2.07. The summed E-state index contributed by atoms with van der Waals surface area (Å²) in [4.78, 5) is 40.5. The maximum Gasteiger partial charge on any atom is 0.347 e. The zero-order chi connectivity index (χ0) is 21.0. The number of nitrogen functional groups attached to an aromatic ring is 1. The molecule has 1 heterocycles. The van der Waals surface area contributed by atoms with Crippen molar-refractivity contribution in [3.8, 4) is 11.4 Å². The molecule has 9 heteroatoms. The lowest BCUT2D eigenvalue weighted by atomic mass is 10.2. The first-order valence-corrected chi connectivity index (χ1v) is 8.46. The van der Waals surface area contributed by atoms with Gasteiger partial charge in [-0.3, -0.25) is 14.2 Å². The summed E-state index contributed by atoms with van der Waals surface area (Å²) in [6.07, 6.45) is 0. The van der Waals surface area contributed by atoms with Crippen molar-refractivity contribution >= 4 is 17.8 Å². The van der Waals surface area contributed by atoms with Crippen molar-refractivity contribution in [2.45, 2.75) is 13.2 Å². The van der Waals surface area contributed by atoms with Crippen molar-refractivity contribution in [2.24, 2.45) is 0 Å². The van der Waals surface area contributed by atoms with Crippen LogP contribution in [0.15, 0.2) is 59.4 Å². The summed E-state index contributed by atoms with van der Waals surface area (Å²) >= 11 is 0. The van der Waals surface area contributed by atoms with E-state index in [0.29, 0.717) is 5.56 Å². The zero-order valence-electron chi connectivity index (χ0n) is 15.0. The molecular formula is C20H16FN3O5. The van der Waals surface area contributed by atoms with Gasteiger partial charge in [0, 0.05) is 5.56 Å². The van der Waals surface area contributed by atoms with Gasteiger partial charge in [-0.1, -0.05) is 30.3 Å². The molecule has 0 bridgehead atoms. The Morgan fingerprint density at radius 1 is 1.10 bits per heavy atom. The first-order chi connectivity index (χ1) is 13.9. The van der Waals surface area contributed by atoms with Crippen molar-refractivity contribution in [3.05, 3.63) is 81.9 Å². The number of esters is 1. The number of benzene rings is 2. The number of aliphatic carboxylic acids is 1. The molecule has 0 saturated heterocycles. The Kier molecular flexibility index (Phi) is 5.68. The van der Waals surface area contributed by atoms with Crippen molar-refractivity contribution in [3.63, 3.8) is 0 Å². The number of aromatic nitrogens is 2. The van der Waals surface area contributed by atoms with Crippen LogP contribution in [-0.4, -0.2) is 26.6 Å². The molecule has 0 radical (unpaired) electrons. The van der Waals surface area contributed by atoms with E-state index in [4.69, 9.17) is 15.6 Å². The Morgan fingerprint density at radius 2 is 1.76 bits per heavy atom. The highest BCUT2D eigenvalue weighted by Crippen LogP contribution is 2.19. The summed E-state index contributed by atoms with van der Waals surface area (Å²) in [6, 6.07) is 13.7. The van der Waals surface area contributed by atoms with Gasteiger partial charge in [-0.15, -0.1) is 0 Å². The smallest absolute Gasteiger partial charge is 0.347 e. The maximum atomic E-state index is 13.2. The fraction of sp³-hybridized carbons (Fsp3) is 0.100. The summed E-state index contributed by atoms with van der Waals surface area (Å²) in [6.45, 7) is -0.866. The van der Waals surface area contributed by atoms with Crippen molar-refractivity contribution < 1.29 is 23.8 Å². The van der Waals surface area contributed by atoms with Crippen LogP contribution in [0.3, 0.4) is 0 Å². The number of ether oxygens (including phenoxy) is 1. The van der Waals surface area contributed by atoms with Gasteiger partial charge in [-0.2, -0.15) is 0 Å². The number of rotatable bonds is 6. The third-order valence-electron chi connectivity index (χ3n) is 4.01. The van der Waals surface area contributed by atoms with E-state index in [0.717, 1.165) is 16.7 Å². The number of nitrogens with zero attached hydrogens (tertiary/aromatic N) is 2. The number of hydrogen-bond acceptors (Lipinski definition) is 6. The molecule has 29 heavy (non-hydrogen) atoms. The summed E-state index contributed by atoms with van der Waals surface area (Å²) in [5, 5.41) is 9.16.